The van der Waals surface area contributed by atoms with Crippen LogP contribution in [0.1, 0.15) is 47.7 Å². The number of rotatable bonds is 3. The molecule has 2 unspecified atom stereocenters. The second-order valence-electron chi connectivity index (χ2n) is 5.87. The lowest BCUT2D eigenvalue weighted by molar-refractivity contribution is 0.0944. The molecule has 1 aliphatic carbocycles. The van der Waals surface area contributed by atoms with Gasteiger partial charge in [0.1, 0.15) is 6.61 Å². The third kappa shape index (κ3) is 4.09. The van der Waals surface area contributed by atoms with Crippen molar-refractivity contribution in [1.29, 1.82) is 0 Å². The average molecular weight is 285 g/mol. The standard InChI is InChI=1S/C18H23NO2/c1-13-5-3-6-17(13)12-19-18(21)16-9-8-14(2)15(11-16)7-4-10-20/h8-9,11,13,17,20H,3,5-6,10,12H2,1-2H3,(H,19,21). The Morgan fingerprint density at radius 3 is 2.90 bits per heavy atom. The SMILES string of the molecule is Cc1ccc(C(=O)NCC2CCCC2C)cc1C#CCO. The van der Waals surface area contributed by atoms with Gasteiger partial charge in [-0.2, -0.15) is 0 Å². The summed E-state index contributed by atoms with van der Waals surface area (Å²) in [5, 5.41) is 11.8. The van der Waals surface area contributed by atoms with Crippen LogP contribution in [0.15, 0.2) is 18.2 Å². The monoisotopic (exact) mass is 285 g/mol. The molecule has 3 nitrogen and oxygen atoms in total. The summed E-state index contributed by atoms with van der Waals surface area (Å²) in [6, 6.07) is 5.52. The predicted molar refractivity (Wildman–Crippen MR) is 84.0 cm³/mol. The van der Waals surface area contributed by atoms with Crippen molar-refractivity contribution >= 4 is 5.91 Å². The molecule has 112 valence electrons. The minimum atomic E-state index is -0.171. The van der Waals surface area contributed by atoms with Gasteiger partial charge in [0.25, 0.3) is 5.91 Å². The highest BCUT2D eigenvalue weighted by Crippen LogP contribution is 2.30. The van der Waals surface area contributed by atoms with Gasteiger partial charge in [-0.25, -0.2) is 0 Å². The molecule has 3 heteroatoms. The van der Waals surface area contributed by atoms with Crippen molar-refractivity contribution in [2.75, 3.05) is 13.2 Å². The highest BCUT2D eigenvalue weighted by molar-refractivity contribution is 5.94. The van der Waals surface area contributed by atoms with Gasteiger partial charge in [-0.1, -0.05) is 37.7 Å². The maximum Gasteiger partial charge on any atom is 0.251 e. The molecule has 0 aliphatic heterocycles. The van der Waals surface area contributed by atoms with E-state index in [2.05, 4.69) is 24.1 Å². The third-order valence-electron chi connectivity index (χ3n) is 4.37. The predicted octanol–water partition coefficient (Wildman–Crippen LogP) is 2.50. The summed E-state index contributed by atoms with van der Waals surface area (Å²) in [5.74, 6) is 6.78. The van der Waals surface area contributed by atoms with Gasteiger partial charge < -0.3 is 10.4 Å². The topological polar surface area (TPSA) is 49.3 Å². The van der Waals surface area contributed by atoms with Gasteiger partial charge in [0, 0.05) is 17.7 Å². The van der Waals surface area contributed by atoms with E-state index in [-0.39, 0.29) is 12.5 Å². The third-order valence-corrected chi connectivity index (χ3v) is 4.37. The van der Waals surface area contributed by atoms with E-state index in [1.165, 1.54) is 19.3 Å². The smallest absolute Gasteiger partial charge is 0.251 e. The molecule has 21 heavy (non-hydrogen) atoms. The first-order valence-electron chi connectivity index (χ1n) is 7.60. The van der Waals surface area contributed by atoms with E-state index in [9.17, 15) is 4.79 Å². The molecule has 0 bridgehead atoms. The molecule has 0 heterocycles. The minimum Gasteiger partial charge on any atom is -0.384 e. The Balaban J connectivity index is 2.02. The number of benzene rings is 1. The zero-order chi connectivity index (χ0) is 15.2. The fraction of sp³-hybridized carbons (Fsp3) is 0.500. The van der Waals surface area contributed by atoms with Crippen LogP contribution >= 0.6 is 0 Å². The van der Waals surface area contributed by atoms with Crippen molar-refractivity contribution < 1.29 is 9.90 Å². The van der Waals surface area contributed by atoms with Gasteiger partial charge >= 0.3 is 0 Å². The van der Waals surface area contributed by atoms with E-state index in [1.54, 1.807) is 6.07 Å². The Morgan fingerprint density at radius 2 is 2.24 bits per heavy atom. The Kier molecular flexibility index (Phi) is 5.41. The normalized spacial score (nSPS) is 20.7. The molecule has 1 aromatic carbocycles. The number of nitrogens with one attached hydrogen (secondary N) is 1. The number of aliphatic hydroxyl groups excluding tert-OH is 1. The van der Waals surface area contributed by atoms with E-state index >= 15 is 0 Å². The lowest BCUT2D eigenvalue weighted by Gasteiger charge is -2.16. The first-order valence-corrected chi connectivity index (χ1v) is 7.60. The van der Waals surface area contributed by atoms with Crippen molar-refractivity contribution in [2.24, 2.45) is 11.8 Å². The lowest BCUT2D eigenvalue weighted by Crippen LogP contribution is -2.30. The number of hydrogen-bond acceptors (Lipinski definition) is 2. The first kappa shape index (κ1) is 15.6. The summed E-state index contributed by atoms with van der Waals surface area (Å²) in [7, 11) is 0. The second-order valence-corrected chi connectivity index (χ2v) is 5.87. The summed E-state index contributed by atoms with van der Waals surface area (Å²) >= 11 is 0. The molecule has 2 atom stereocenters. The Labute approximate surface area is 126 Å². The summed E-state index contributed by atoms with van der Waals surface area (Å²) in [6.45, 7) is 4.79. The highest BCUT2D eigenvalue weighted by Gasteiger charge is 2.23. The molecular weight excluding hydrogens is 262 g/mol. The Bertz CT molecular complexity index is 568. The Hall–Kier alpha value is -1.79. The van der Waals surface area contributed by atoms with Crippen molar-refractivity contribution in [3.63, 3.8) is 0 Å². The molecule has 0 radical (unpaired) electrons. The van der Waals surface area contributed by atoms with Crippen molar-refractivity contribution in [3.05, 3.63) is 34.9 Å². The van der Waals surface area contributed by atoms with Gasteiger partial charge in [-0.3, -0.25) is 4.79 Å². The number of carbonyl (C=O) groups is 1. The van der Waals surface area contributed by atoms with Crippen molar-refractivity contribution in [1.82, 2.24) is 5.32 Å². The summed E-state index contributed by atoms with van der Waals surface area (Å²) in [6.07, 6.45) is 3.75. The van der Waals surface area contributed by atoms with Crippen LogP contribution in [0.25, 0.3) is 0 Å². The molecular formula is C18H23NO2. The van der Waals surface area contributed by atoms with Crippen LogP contribution in [0.3, 0.4) is 0 Å². The van der Waals surface area contributed by atoms with Crippen molar-refractivity contribution in [2.45, 2.75) is 33.1 Å². The quantitative estimate of drug-likeness (QED) is 0.838. The van der Waals surface area contributed by atoms with Gasteiger partial charge in [0.15, 0.2) is 0 Å². The summed E-state index contributed by atoms with van der Waals surface area (Å²) < 4.78 is 0. The molecule has 2 rings (SSSR count). The fourth-order valence-electron chi connectivity index (χ4n) is 2.88. The zero-order valence-corrected chi connectivity index (χ0v) is 12.8. The number of aryl methyl sites for hydroxylation is 1. The fourth-order valence-corrected chi connectivity index (χ4v) is 2.88. The van der Waals surface area contributed by atoms with E-state index in [0.717, 1.165) is 17.7 Å². The molecule has 0 aromatic heterocycles. The molecule has 1 fully saturated rings. The summed E-state index contributed by atoms with van der Waals surface area (Å²) in [4.78, 5) is 12.2. The van der Waals surface area contributed by atoms with Gasteiger partial charge in [-0.15, -0.1) is 0 Å². The van der Waals surface area contributed by atoms with Crippen LogP contribution < -0.4 is 5.32 Å². The molecule has 1 saturated carbocycles. The van der Waals surface area contributed by atoms with Crippen LogP contribution in [0.2, 0.25) is 0 Å². The first-order chi connectivity index (χ1) is 10.1. The van der Waals surface area contributed by atoms with E-state index in [0.29, 0.717) is 17.4 Å². The summed E-state index contributed by atoms with van der Waals surface area (Å²) in [5.41, 5.74) is 2.44. The number of aliphatic hydroxyl groups is 1. The van der Waals surface area contributed by atoms with Gasteiger partial charge in [-0.05, 0) is 42.9 Å². The van der Waals surface area contributed by atoms with E-state index in [1.807, 2.05) is 19.1 Å². The largest absolute Gasteiger partial charge is 0.384 e. The molecule has 1 amide bonds. The number of amides is 1. The maximum absolute atomic E-state index is 12.2. The molecule has 0 spiro atoms. The van der Waals surface area contributed by atoms with Crippen LogP contribution in [0.4, 0.5) is 0 Å². The van der Waals surface area contributed by atoms with Crippen LogP contribution in [-0.2, 0) is 0 Å². The molecule has 1 aliphatic rings. The molecule has 2 N–H and O–H groups in total. The van der Waals surface area contributed by atoms with Crippen LogP contribution in [0.5, 0.6) is 0 Å². The van der Waals surface area contributed by atoms with Gasteiger partial charge in [0.2, 0.25) is 0 Å². The zero-order valence-electron chi connectivity index (χ0n) is 12.8. The lowest BCUT2D eigenvalue weighted by atomic mass is 9.98. The number of hydrogen-bond donors (Lipinski definition) is 2. The van der Waals surface area contributed by atoms with E-state index < -0.39 is 0 Å². The highest BCUT2D eigenvalue weighted by atomic mass is 16.2. The van der Waals surface area contributed by atoms with E-state index in [4.69, 9.17) is 5.11 Å². The average Bonchev–Trinajstić information content (AvgIpc) is 2.89. The minimum absolute atomic E-state index is 0.0406. The maximum atomic E-state index is 12.2. The van der Waals surface area contributed by atoms with Gasteiger partial charge in [0.05, 0.1) is 0 Å². The number of carbonyl (C=O) groups excluding carboxylic acids is 1. The van der Waals surface area contributed by atoms with Crippen LogP contribution in [-0.4, -0.2) is 24.2 Å². The molecule has 0 saturated heterocycles. The molecule has 1 aromatic rings. The Morgan fingerprint density at radius 1 is 1.43 bits per heavy atom. The van der Waals surface area contributed by atoms with Crippen molar-refractivity contribution in [3.8, 4) is 11.8 Å². The van der Waals surface area contributed by atoms with Crippen LogP contribution in [0, 0.1) is 30.6 Å². The second kappa shape index (κ2) is 7.28.